The zero-order valence-electron chi connectivity index (χ0n) is 11.3. The van der Waals surface area contributed by atoms with E-state index < -0.39 is 0 Å². The molecule has 0 atom stereocenters. The Balaban J connectivity index is 2.49. The monoisotopic (exact) mass is 234 g/mol. The fourth-order valence-corrected chi connectivity index (χ4v) is 3.35. The van der Waals surface area contributed by atoms with Gasteiger partial charge in [0.15, 0.2) is 0 Å². The minimum atomic E-state index is 0.294. The van der Waals surface area contributed by atoms with Gasteiger partial charge in [0.25, 0.3) is 0 Å². The fraction of sp³-hybridized carbons (Fsp3) is 0.600. The van der Waals surface area contributed by atoms with Gasteiger partial charge in [-0.25, -0.2) is 0 Å². The summed E-state index contributed by atoms with van der Waals surface area (Å²) in [5.74, 6) is 0. The van der Waals surface area contributed by atoms with Crippen molar-refractivity contribution in [2.24, 2.45) is 10.8 Å². The second kappa shape index (κ2) is 3.46. The molecule has 0 aromatic rings. The molecule has 0 amide bonds. The molecular weight excluding hydrogens is 212 g/mol. The van der Waals surface area contributed by atoms with E-state index in [1.807, 2.05) is 10.9 Å². The third kappa shape index (κ3) is 1.86. The SMILES string of the molecule is CC(C)(C)C1=C2C=S=CC2=C(C(C)(C)C)C1. The molecule has 0 fully saturated rings. The molecule has 1 heteroatoms. The van der Waals surface area contributed by atoms with Gasteiger partial charge < -0.3 is 0 Å². The van der Waals surface area contributed by atoms with Gasteiger partial charge in [-0.05, 0) is 39.1 Å². The van der Waals surface area contributed by atoms with Crippen molar-refractivity contribution in [2.75, 3.05) is 0 Å². The van der Waals surface area contributed by atoms with Gasteiger partial charge in [0.2, 0.25) is 0 Å². The summed E-state index contributed by atoms with van der Waals surface area (Å²) in [6, 6.07) is 0. The molecule has 0 unspecified atom stereocenters. The molecule has 0 N–H and O–H groups in total. The molecule has 1 aliphatic heterocycles. The van der Waals surface area contributed by atoms with Crippen LogP contribution in [0, 0.1) is 10.8 Å². The quantitative estimate of drug-likeness (QED) is 0.544. The number of rotatable bonds is 0. The minimum absolute atomic E-state index is 0.294. The van der Waals surface area contributed by atoms with Crippen molar-refractivity contribution in [1.82, 2.24) is 0 Å². The van der Waals surface area contributed by atoms with Crippen LogP contribution in [0.25, 0.3) is 0 Å². The topological polar surface area (TPSA) is 0 Å². The van der Waals surface area contributed by atoms with Gasteiger partial charge >= 0.3 is 0 Å². The second-order valence-electron chi connectivity index (χ2n) is 6.83. The highest BCUT2D eigenvalue weighted by atomic mass is 32.1. The van der Waals surface area contributed by atoms with E-state index in [0.717, 1.165) is 0 Å². The molecule has 1 aliphatic carbocycles. The van der Waals surface area contributed by atoms with Crippen LogP contribution in [0.1, 0.15) is 48.0 Å². The Labute approximate surface area is 103 Å². The Morgan fingerprint density at radius 2 is 1.19 bits per heavy atom. The predicted octanol–water partition coefficient (Wildman–Crippen LogP) is 4.43. The lowest BCUT2D eigenvalue weighted by atomic mass is 9.79. The third-order valence-electron chi connectivity index (χ3n) is 3.48. The lowest BCUT2D eigenvalue weighted by Gasteiger charge is -2.26. The van der Waals surface area contributed by atoms with E-state index in [1.165, 1.54) is 17.6 Å². The van der Waals surface area contributed by atoms with E-state index in [0.29, 0.717) is 10.8 Å². The smallest absolute Gasteiger partial charge is 0.00146 e. The largest absolute Gasteiger partial charge is 0.151 e. The number of fused-ring (bicyclic) bond motifs is 1. The van der Waals surface area contributed by atoms with Crippen LogP contribution in [-0.2, 0) is 0 Å². The summed E-state index contributed by atoms with van der Waals surface area (Å²) in [4.78, 5) is 0. The lowest BCUT2D eigenvalue weighted by molar-refractivity contribution is 0.457. The maximum Gasteiger partial charge on any atom is -0.00146 e. The average Bonchev–Trinajstić information content (AvgIpc) is 2.54. The van der Waals surface area contributed by atoms with E-state index in [2.05, 4.69) is 52.3 Å². The molecule has 0 bridgehead atoms. The highest BCUT2D eigenvalue weighted by Crippen LogP contribution is 2.47. The molecule has 1 heterocycles. The van der Waals surface area contributed by atoms with Crippen molar-refractivity contribution < 1.29 is 0 Å². The molecule has 0 saturated carbocycles. The lowest BCUT2D eigenvalue weighted by Crippen LogP contribution is -2.13. The molecule has 2 rings (SSSR count). The summed E-state index contributed by atoms with van der Waals surface area (Å²) in [5.41, 5.74) is 6.86. The first kappa shape index (κ1) is 11.9. The number of hydrogen-bond acceptors (Lipinski definition) is 0. The Hall–Kier alpha value is -0.560. The molecule has 2 aliphatic rings. The van der Waals surface area contributed by atoms with Crippen molar-refractivity contribution in [1.29, 1.82) is 0 Å². The molecule has 0 nitrogen and oxygen atoms in total. The summed E-state index contributed by atoms with van der Waals surface area (Å²) in [6.07, 6.45) is 1.17. The average molecular weight is 234 g/mol. The molecule has 16 heavy (non-hydrogen) atoms. The summed E-state index contributed by atoms with van der Waals surface area (Å²) in [6.45, 7) is 14.0. The first-order chi connectivity index (χ1) is 7.21. The minimum Gasteiger partial charge on any atom is -0.151 e. The van der Waals surface area contributed by atoms with Gasteiger partial charge in [-0.3, -0.25) is 0 Å². The number of hydrogen-bond donors (Lipinski definition) is 0. The molecule has 0 aromatic heterocycles. The van der Waals surface area contributed by atoms with Crippen LogP contribution < -0.4 is 0 Å². The molecule has 88 valence electrons. The van der Waals surface area contributed by atoms with Crippen molar-refractivity contribution in [3.05, 3.63) is 22.3 Å². The zero-order chi connectivity index (χ0) is 12.1. The summed E-state index contributed by atoms with van der Waals surface area (Å²) >= 11 is 0. The van der Waals surface area contributed by atoms with Gasteiger partial charge in [0, 0.05) is 0 Å². The molecule has 0 saturated heterocycles. The van der Waals surface area contributed by atoms with E-state index in [1.54, 1.807) is 11.1 Å². The molecule has 0 spiro atoms. The van der Waals surface area contributed by atoms with Crippen molar-refractivity contribution in [2.45, 2.75) is 48.0 Å². The van der Waals surface area contributed by atoms with E-state index in [9.17, 15) is 0 Å². The maximum absolute atomic E-state index is 2.33. The Morgan fingerprint density at radius 3 is 1.50 bits per heavy atom. The molecular formula is C15H22S. The predicted molar refractivity (Wildman–Crippen MR) is 77.3 cm³/mol. The zero-order valence-corrected chi connectivity index (χ0v) is 12.1. The number of allylic oxidation sites excluding steroid dienone is 4. The fourth-order valence-electron chi connectivity index (χ4n) is 2.47. The molecule has 0 radical (unpaired) electrons. The van der Waals surface area contributed by atoms with Crippen LogP contribution >= 0.6 is 10.9 Å². The van der Waals surface area contributed by atoms with E-state index in [-0.39, 0.29) is 0 Å². The van der Waals surface area contributed by atoms with E-state index >= 15 is 0 Å². The van der Waals surface area contributed by atoms with Crippen molar-refractivity contribution in [3.63, 3.8) is 0 Å². The van der Waals surface area contributed by atoms with Gasteiger partial charge in [-0.2, -0.15) is 10.9 Å². The van der Waals surface area contributed by atoms with E-state index in [4.69, 9.17) is 0 Å². The van der Waals surface area contributed by atoms with Gasteiger partial charge in [0.1, 0.15) is 0 Å². The standard InChI is InChI=1S/C15H22S/c1-14(2,3)12-7-13(15(4,5)6)11-9-16-8-10(11)12/h8-9H,7H2,1-6H3. The van der Waals surface area contributed by atoms with Gasteiger partial charge in [-0.1, -0.05) is 52.7 Å². The Kier molecular flexibility index (Phi) is 2.58. The van der Waals surface area contributed by atoms with Crippen molar-refractivity contribution in [3.8, 4) is 0 Å². The molecule has 0 aromatic carbocycles. The Bertz CT molecular complexity index is 413. The maximum atomic E-state index is 2.33. The van der Waals surface area contributed by atoms with Crippen LogP contribution in [0.2, 0.25) is 0 Å². The first-order valence-electron chi connectivity index (χ1n) is 6.01. The summed E-state index contributed by atoms with van der Waals surface area (Å²) < 4.78 is 0. The van der Waals surface area contributed by atoms with Crippen LogP contribution in [0.5, 0.6) is 0 Å². The second-order valence-corrected chi connectivity index (χ2v) is 7.58. The first-order valence-corrected chi connectivity index (χ1v) is 6.95. The Morgan fingerprint density at radius 1 is 0.812 bits per heavy atom. The van der Waals surface area contributed by atoms with Crippen LogP contribution in [0.15, 0.2) is 22.3 Å². The van der Waals surface area contributed by atoms with Gasteiger partial charge in [0.05, 0.1) is 0 Å². The highest BCUT2D eigenvalue weighted by Gasteiger charge is 2.34. The van der Waals surface area contributed by atoms with Crippen LogP contribution in [0.4, 0.5) is 0 Å². The van der Waals surface area contributed by atoms with Crippen LogP contribution in [0.3, 0.4) is 0 Å². The van der Waals surface area contributed by atoms with Gasteiger partial charge in [-0.15, -0.1) is 0 Å². The summed E-state index contributed by atoms with van der Waals surface area (Å²) in [5, 5.41) is 4.66. The highest BCUT2D eigenvalue weighted by molar-refractivity contribution is 7.97. The van der Waals surface area contributed by atoms with Crippen molar-refractivity contribution >= 4 is 21.7 Å². The summed E-state index contributed by atoms with van der Waals surface area (Å²) in [7, 11) is 1.84. The third-order valence-corrected chi connectivity index (χ3v) is 4.22. The van der Waals surface area contributed by atoms with Crippen LogP contribution in [-0.4, -0.2) is 10.7 Å². The normalized spacial score (nSPS) is 20.6.